The van der Waals surface area contributed by atoms with Gasteiger partial charge in [0.05, 0.1) is 0 Å². The number of benzene rings is 2. The standard InChI is InChI=1S/C13H11BrFNS/c14-10-3-1-2-9(6-10)8-17-13-5-4-11(16)7-12(13)15/h1-7H,8,16H2. The van der Waals surface area contributed by atoms with Crippen LogP contribution in [0.25, 0.3) is 0 Å². The summed E-state index contributed by atoms with van der Waals surface area (Å²) in [7, 11) is 0. The number of nitrogens with two attached hydrogens (primary N) is 1. The molecule has 0 amide bonds. The topological polar surface area (TPSA) is 26.0 Å². The Balaban J connectivity index is 2.07. The van der Waals surface area contributed by atoms with E-state index in [9.17, 15) is 4.39 Å². The Bertz CT molecular complexity index is 531. The fraction of sp³-hybridized carbons (Fsp3) is 0.0769. The van der Waals surface area contributed by atoms with Crippen molar-refractivity contribution >= 4 is 33.4 Å². The second-order valence-corrected chi connectivity index (χ2v) is 5.54. The van der Waals surface area contributed by atoms with Crippen LogP contribution in [0.1, 0.15) is 5.56 Å². The fourth-order valence-electron chi connectivity index (χ4n) is 1.42. The summed E-state index contributed by atoms with van der Waals surface area (Å²) in [6.45, 7) is 0. The van der Waals surface area contributed by atoms with E-state index in [2.05, 4.69) is 15.9 Å². The Kier molecular flexibility index (Phi) is 4.07. The summed E-state index contributed by atoms with van der Waals surface area (Å²) in [6, 6.07) is 12.8. The fourth-order valence-corrected chi connectivity index (χ4v) is 2.73. The van der Waals surface area contributed by atoms with Gasteiger partial charge < -0.3 is 5.73 Å². The molecule has 2 aromatic carbocycles. The van der Waals surface area contributed by atoms with Crippen LogP contribution in [0, 0.1) is 5.82 Å². The van der Waals surface area contributed by atoms with Crippen LogP contribution < -0.4 is 5.73 Å². The molecule has 2 N–H and O–H groups in total. The number of nitrogen functional groups attached to an aromatic ring is 1. The third-order valence-corrected chi connectivity index (χ3v) is 3.85. The van der Waals surface area contributed by atoms with E-state index >= 15 is 0 Å². The van der Waals surface area contributed by atoms with Gasteiger partial charge in [-0.2, -0.15) is 0 Å². The van der Waals surface area contributed by atoms with Crippen LogP contribution in [0.2, 0.25) is 0 Å². The molecule has 1 nitrogen and oxygen atoms in total. The maximum atomic E-state index is 13.5. The van der Waals surface area contributed by atoms with E-state index in [1.165, 1.54) is 17.8 Å². The van der Waals surface area contributed by atoms with Gasteiger partial charge in [-0.05, 0) is 35.9 Å². The first-order chi connectivity index (χ1) is 8.15. The average molecular weight is 312 g/mol. The summed E-state index contributed by atoms with van der Waals surface area (Å²) in [5, 5.41) is 0. The first-order valence-electron chi connectivity index (χ1n) is 5.07. The third kappa shape index (κ3) is 3.48. The summed E-state index contributed by atoms with van der Waals surface area (Å²) in [5.41, 5.74) is 7.11. The maximum Gasteiger partial charge on any atom is 0.138 e. The van der Waals surface area contributed by atoms with Gasteiger partial charge in [-0.3, -0.25) is 0 Å². The van der Waals surface area contributed by atoms with Crippen LogP contribution in [-0.2, 0) is 5.75 Å². The third-order valence-electron chi connectivity index (χ3n) is 2.24. The molecule has 4 heteroatoms. The van der Waals surface area contributed by atoms with Crippen molar-refractivity contribution in [1.82, 2.24) is 0 Å². The Labute approximate surface area is 112 Å². The lowest BCUT2D eigenvalue weighted by Crippen LogP contribution is -1.88. The molecule has 0 unspecified atom stereocenters. The summed E-state index contributed by atoms with van der Waals surface area (Å²) in [6.07, 6.45) is 0. The minimum absolute atomic E-state index is 0.259. The minimum Gasteiger partial charge on any atom is -0.399 e. The van der Waals surface area contributed by atoms with Crippen LogP contribution in [0.15, 0.2) is 51.8 Å². The van der Waals surface area contributed by atoms with Crippen molar-refractivity contribution in [2.75, 3.05) is 5.73 Å². The molecule has 0 aliphatic rings. The predicted octanol–water partition coefficient (Wildman–Crippen LogP) is 4.46. The lowest BCUT2D eigenvalue weighted by molar-refractivity contribution is 0.603. The molecule has 0 aliphatic carbocycles. The summed E-state index contributed by atoms with van der Waals surface area (Å²) in [5.74, 6) is 0.477. The molecule has 0 saturated carbocycles. The highest BCUT2D eigenvalue weighted by molar-refractivity contribution is 9.10. The summed E-state index contributed by atoms with van der Waals surface area (Å²) >= 11 is 4.88. The Hall–Kier alpha value is -1.00. The number of hydrogen-bond acceptors (Lipinski definition) is 2. The van der Waals surface area contributed by atoms with Crippen molar-refractivity contribution in [2.45, 2.75) is 10.6 Å². The SMILES string of the molecule is Nc1ccc(SCc2cccc(Br)c2)c(F)c1. The molecule has 0 aliphatic heterocycles. The Morgan fingerprint density at radius 2 is 2.00 bits per heavy atom. The summed E-state index contributed by atoms with van der Waals surface area (Å²) < 4.78 is 14.6. The monoisotopic (exact) mass is 311 g/mol. The quantitative estimate of drug-likeness (QED) is 0.669. The van der Waals surface area contributed by atoms with Gasteiger partial charge in [0.2, 0.25) is 0 Å². The van der Waals surface area contributed by atoms with Crippen LogP contribution in [0.3, 0.4) is 0 Å². The van der Waals surface area contributed by atoms with Crippen molar-refractivity contribution in [1.29, 1.82) is 0 Å². The van der Waals surface area contributed by atoms with Gasteiger partial charge in [-0.25, -0.2) is 4.39 Å². The highest BCUT2D eigenvalue weighted by Gasteiger charge is 2.03. The van der Waals surface area contributed by atoms with Gasteiger partial charge in [-0.15, -0.1) is 11.8 Å². The zero-order valence-electron chi connectivity index (χ0n) is 8.99. The normalized spacial score (nSPS) is 10.5. The van der Waals surface area contributed by atoms with Gasteiger partial charge in [-0.1, -0.05) is 28.1 Å². The van der Waals surface area contributed by atoms with Crippen molar-refractivity contribution in [3.05, 3.63) is 58.3 Å². The molecule has 88 valence electrons. The van der Waals surface area contributed by atoms with Gasteiger partial charge in [0.15, 0.2) is 0 Å². The largest absolute Gasteiger partial charge is 0.399 e. The Morgan fingerprint density at radius 3 is 2.71 bits per heavy atom. The van der Waals surface area contributed by atoms with Crippen LogP contribution in [0.4, 0.5) is 10.1 Å². The molecule has 2 aromatic rings. The first-order valence-corrected chi connectivity index (χ1v) is 6.85. The summed E-state index contributed by atoms with van der Waals surface area (Å²) in [4.78, 5) is 0.624. The van der Waals surface area contributed by atoms with Gasteiger partial charge in [0.1, 0.15) is 5.82 Å². The van der Waals surface area contributed by atoms with E-state index in [1.807, 2.05) is 24.3 Å². The molecule has 0 fully saturated rings. The highest BCUT2D eigenvalue weighted by Crippen LogP contribution is 2.27. The number of halogens is 2. The number of thioether (sulfide) groups is 1. The zero-order chi connectivity index (χ0) is 12.3. The van der Waals surface area contributed by atoms with E-state index in [0.717, 1.165) is 15.8 Å². The van der Waals surface area contributed by atoms with Gasteiger partial charge in [0, 0.05) is 20.8 Å². The smallest absolute Gasteiger partial charge is 0.138 e. The number of rotatable bonds is 3. The first kappa shape index (κ1) is 12.5. The van der Waals surface area contributed by atoms with Gasteiger partial charge >= 0.3 is 0 Å². The molecule has 0 spiro atoms. The van der Waals surface area contributed by atoms with E-state index in [1.54, 1.807) is 12.1 Å². The molecule has 2 rings (SSSR count). The number of anilines is 1. The van der Waals surface area contributed by atoms with Gasteiger partial charge in [0.25, 0.3) is 0 Å². The molecule has 0 aromatic heterocycles. The van der Waals surface area contributed by atoms with E-state index in [4.69, 9.17) is 5.73 Å². The number of hydrogen-bond donors (Lipinski definition) is 1. The molecule has 0 bridgehead atoms. The van der Waals surface area contributed by atoms with E-state index in [0.29, 0.717) is 10.6 Å². The van der Waals surface area contributed by atoms with Crippen molar-refractivity contribution in [2.24, 2.45) is 0 Å². The van der Waals surface area contributed by atoms with Crippen LogP contribution in [-0.4, -0.2) is 0 Å². The second kappa shape index (κ2) is 5.56. The minimum atomic E-state index is -0.259. The lowest BCUT2D eigenvalue weighted by atomic mass is 10.2. The molecule has 0 heterocycles. The highest BCUT2D eigenvalue weighted by atomic mass is 79.9. The average Bonchev–Trinajstić information content (AvgIpc) is 2.28. The van der Waals surface area contributed by atoms with Crippen molar-refractivity contribution in [3.63, 3.8) is 0 Å². The maximum absolute atomic E-state index is 13.5. The van der Waals surface area contributed by atoms with Crippen molar-refractivity contribution in [3.8, 4) is 0 Å². The lowest BCUT2D eigenvalue weighted by Gasteiger charge is -2.04. The molecule has 0 saturated heterocycles. The molecular weight excluding hydrogens is 301 g/mol. The van der Waals surface area contributed by atoms with Crippen LogP contribution in [0.5, 0.6) is 0 Å². The van der Waals surface area contributed by atoms with E-state index in [-0.39, 0.29) is 5.82 Å². The molecule has 0 atom stereocenters. The van der Waals surface area contributed by atoms with Crippen LogP contribution >= 0.6 is 27.7 Å². The molecular formula is C13H11BrFNS. The predicted molar refractivity (Wildman–Crippen MR) is 74.5 cm³/mol. The molecule has 17 heavy (non-hydrogen) atoms. The molecule has 0 radical (unpaired) electrons. The zero-order valence-corrected chi connectivity index (χ0v) is 11.4. The van der Waals surface area contributed by atoms with E-state index < -0.39 is 0 Å². The Morgan fingerprint density at radius 1 is 1.18 bits per heavy atom. The van der Waals surface area contributed by atoms with Crippen molar-refractivity contribution < 1.29 is 4.39 Å². The second-order valence-electron chi connectivity index (χ2n) is 3.61.